The van der Waals surface area contributed by atoms with Crippen molar-refractivity contribution in [2.45, 2.75) is 27.7 Å². The van der Waals surface area contributed by atoms with Gasteiger partial charge in [0.15, 0.2) is 11.7 Å². The van der Waals surface area contributed by atoms with Crippen molar-refractivity contribution in [1.82, 2.24) is 11.0 Å². The summed E-state index contributed by atoms with van der Waals surface area (Å²) in [6.07, 6.45) is 0. The maximum Gasteiger partial charge on any atom is 0.157 e. The van der Waals surface area contributed by atoms with Crippen molar-refractivity contribution in [3.63, 3.8) is 0 Å². The Labute approximate surface area is 225 Å². The van der Waals surface area contributed by atoms with Gasteiger partial charge in [0, 0.05) is 50.7 Å². The molecule has 3 aromatic carbocycles. The zero-order valence-corrected chi connectivity index (χ0v) is 23.5. The maximum absolute atomic E-state index is 9.85. The molecule has 0 spiro atoms. The lowest BCUT2D eigenvalue weighted by Gasteiger charge is -2.18. The van der Waals surface area contributed by atoms with Crippen LogP contribution in [0.1, 0.15) is 33.4 Å². The summed E-state index contributed by atoms with van der Waals surface area (Å²) in [5.41, 5.74) is 13.7. The van der Waals surface area contributed by atoms with Gasteiger partial charge in [0.25, 0.3) is 0 Å². The second-order valence-electron chi connectivity index (χ2n) is 9.36. The third kappa shape index (κ3) is 6.80. The van der Waals surface area contributed by atoms with Gasteiger partial charge in [-0.2, -0.15) is 0 Å². The zero-order valence-electron chi connectivity index (χ0n) is 22.7. The Bertz CT molecular complexity index is 1150. The van der Waals surface area contributed by atoms with E-state index in [1.165, 1.54) is 0 Å². The number of rotatable bonds is 6. The summed E-state index contributed by atoms with van der Waals surface area (Å²) in [7, 11) is 7.99. The lowest BCUT2D eigenvalue weighted by atomic mass is 10.0. The van der Waals surface area contributed by atoms with Gasteiger partial charge >= 0.3 is 0 Å². The predicted octanol–water partition coefficient (Wildman–Crippen LogP) is 5.59. The van der Waals surface area contributed by atoms with Crippen molar-refractivity contribution in [2.24, 2.45) is 9.98 Å². The fourth-order valence-electron chi connectivity index (χ4n) is 4.28. The first kappa shape index (κ1) is 29.6. The Morgan fingerprint density at radius 1 is 0.595 bits per heavy atom. The molecule has 0 heterocycles. The molecule has 0 aliphatic rings. The van der Waals surface area contributed by atoms with E-state index in [0.717, 1.165) is 44.8 Å². The van der Waals surface area contributed by atoms with E-state index < -0.39 is 0 Å². The number of nitrogens with zero attached hydrogens (tertiary/aromatic N) is 4. The van der Waals surface area contributed by atoms with Crippen LogP contribution in [0.25, 0.3) is 0 Å². The molecule has 4 N–H and O–H groups in total. The number of aryl methyl sites for hydroxylation is 4. The Kier molecular flexibility index (Phi) is 10.1. The summed E-state index contributed by atoms with van der Waals surface area (Å²) in [6.45, 7) is 7.99. The van der Waals surface area contributed by atoms with Crippen LogP contribution in [0.15, 0.2) is 58.5 Å². The highest BCUT2D eigenvalue weighted by Crippen LogP contribution is 2.26. The summed E-state index contributed by atoms with van der Waals surface area (Å²) in [4.78, 5) is 13.3. The van der Waals surface area contributed by atoms with Crippen molar-refractivity contribution in [3.8, 4) is 0 Å². The minimum Gasteiger partial charge on any atom is -0.378 e. The van der Waals surface area contributed by atoms with Gasteiger partial charge < -0.3 is 9.80 Å². The number of nitrogens with one attached hydrogen (secondary N) is 2. The summed E-state index contributed by atoms with van der Waals surface area (Å²) in [5, 5.41) is 19.7. The predicted molar refractivity (Wildman–Crippen MR) is 156 cm³/mol. The van der Waals surface area contributed by atoms with Crippen molar-refractivity contribution in [3.05, 3.63) is 81.9 Å². The van der Waals surface area contributed by atoms with Gasteiger partial charge in [-0.1, -0.05) is 0 Å². The minimum atomic E-state index is 0. The van der Waals surface area contributed by atoms with Crippen LogP contribution in [0.5, 0.6) is 0 Å². The van der Waals surface area contributed by atoms with Crippen molar-refractivity contribution in [1.29, 1.82) is 0 Å². The van der Waals surface area contributed by atoms with E-state index in [9.17, 15) is 10.4 Å². The van der Waals surface area contributed by atoms with Crippen LogP contribution in [0.3, 0.4) is 0 Å². The fraction of sp³-hybridized carbons (Fsp3) is 0.286. The molecule has 9 heteroatoms. The monoisotopic (exact) mass is 524 g/mol. The van der Waals surface area contributed by atoms with E-state index in [1.54, 1.807) is 0 Å². The standard InChI is InChI=1S/C28H36N6O2.ClH/c1-17-13-23(33(5)6)14-18(2)25(17)27(31-35)29-21-9-11-22(12-10-21)30-28(32-36)26-19(3)15-24(34(7)8)16-20(26)4;/h9-16,35-36H,1-8H3,(H,29,31)(H,30,32);1H. The lowest BCUT2D eigenvalue weighted by Crippen LogP contribution is -2.23. The highest BCUT2D eigenvalue weighted by molar-refractivity contribution is 6.03. The molecular formula is C28H37ClN6O2. The molecule has 3 rings (SSSR count). The number of hydrogen-bond acceptors (Lipinski definition) is 6. The molecule has 0 atom stereocenters. The first-order valence-electron chi connectivity index (χ1n) is 11.7. The van der Waals surface area contributed by atoms with Crippen molar-refractivity contribution >= 4 is 46.8 Å². The van der Waals surface area contributed by atoms with E-state index >= 15 is 0 Å². The SMILES string of the molecule is Cc1cc(N(C)C)cc(C)c1C(=Nc1ccc(N=C(NO)c2c(C)cc(N(C)C)cc2C)cc1)NO.Cl. The van der Waals surface area contributed by atoms with Gasteiger partial charge in [0.2, 0.25) is 0 Å². The van der Waals surface area contributed by atoms with Crippen LogP contribution in [0.4, 0.5) is 22.7 Å². The van der Waals surface area contributed by atoms with Gasteiger partial charge in [-0.05, 0) is 98.5 Å². The van der Waals surface area contributed by atoms with Crippen LogP contribution >= 0.6 is 12.4 Å². The minimum absolute atomic E-state index is 0. The quantitative estimate of drug-likeness (QED) is 0.191. The Morgan fingerprint density at radius 2 is 0.865 bits per heavy atom. The van der Waals surface area contributed by atoms with Crippen molar-refractivity contribution in [2.75, 3.05) is 38.0 Å². The molecule has 0 saturated carbocycles. The number of amidine groups is 2. The Morgan fingerprint density at radius 3 is 1.08 bits per heavy atom. The van der Waals surface area contributed by atoms with Crippen LogP contribution in [0, 0.1) is 27.7 Å². The van der Waals surface area contributed by atoms with E-state index in [-0.39, 0.29) is 12.4 Å². The molecule has 198 valence electrons. The van der Waals surface area contributed by atoms with Gasteiger partial charge in [0.05, 0.1) is 11.4 Å². The average molecular weight is 525 g/mol. The van der Waals surface area contributed by atoms with Crippen LogP contribution in [-0.4, -0.2) is 50.3 Å². The average Bonchev–Trinajstić information content (AvgIpc) is 2.82. The summed E-state index contributed by atoms with van der Waals surface area (Å²) < 4.78 is 0. The molecule has 37 heavy (non-hydrogen) atoms. The highest BCUT2D eigenvalue weighted by Gasteiger charge is 2.14. The number of anilines is 2. The summed E-state index contributed by atoms with van der Waals surface area (Å²) in [5.74, 6) is 0.744. The first-order valence-corrected chi connectivity index (χ1v) is 11.7. The summed E-state index contributed by atoms with van der Waals surface area (Å²) in [6, 6.07) is 15.5. The number of hydroxylamine groups is 2. The largest absolute Gasteiger partial charge is 0.378 e. The molecule has 0 unspecified atom stereocenters. The number of hydrogen-bond donors (Lipinski definition) is 4. The van der Waals surface area contributed by atoms with Gasteiger partial charge in [0.1, 0.15) is 0 Å². The molecular weight excluding hydrogens is 488 g/mol. The van der Waals surface area contributed by atoms with Crippen molar-refractivity contribution < 1.29 is 10.4 Å². The number of benzene rings is 3. The zero-order chi connectivity index (χ0) is 26.6. The van der Waals surface area contributed by atoms with E-state index in [0.29, 0.717) is 23.0 Å². The second kappa shape index (κ2) is 12.6. The molecule has 0 aliphatic carbocycles. The van der Waals surface area contributed by atoms with Gasteiger partial charge in [-0.15, -0.1) is 12.4 Å². The number of aliphatic imine (C=N–C) groups is 2. The van der Waals surface area contributed by atoms with Crippen LogP contribution in [0.2, 0.25) is 0 Å². The van der Waals surface area contributed by atoms with E-state index in [4.69, 9.17) is 0 Å². The number of halogens is 1. The summed E-state index contributed by atoms with van der Waals surface area (Å²) >= 11 is 0. The molecule has 8 nitrogen and oxygen atoms in total. The Hall–Kier alpha value is -3.59. The van der Waals surface area contributed by atoms with Crippen LogP contribution in [-0.2, 0) is 0 Å². The van der Waals surface area contributed by atoms with Gasteiger partial charge in [-0.25, -0.2) is 9.98 Å². The third-order valence-corrected chi connectivity index (χ3v) is 6.08. The third-order valence-electron chi connectivity index (χ3n) is 6.08. The molecule has 3 aromatic rings. The maximum atomic E-state index is 9.85. The van der Waals surface area contributed by atoms with Gasteiger partial charge in [-0.3, -0.25) is 21.4 Å². The molecule has 0 saturated heterocycles. The normalized spacial score (nSPS) is 11.6. The molecule has 0 fully saturated rings. The highest BCUT2D eigenvalue weighted by atomic mass is 35.5. The molecule has 0 aliphatic heterocycles. The molecule has 0 bridgehead atoms. The molecule has 0 aromatic heterocycles. The molecule has 0 radical (unpaired) electrons. The van der Waals surface area contributed by atoms with Crippen LogP contribution < -0.4 is 20.8 Å². The topological polar surface area (TPSA) is 95.7 Å². The fourth-order valence-corrected chi connectivity index (χ4v) is 4.28. The molecule has 0 amide bonds. The van der Waals surface area contributed by atoms with E-state index in [2.05, 4.69) is 45.2 Å². The van der Waals surface area contributed by atoms with E-state index in [1.807, 2.05) is 90.0 Å². The first-order chi connectivity index (χ1) is 17.0. The second-order valence-corrected chi connectivity index (χ2v) is 9.36. The smallest absolute Gasteiger partial charge is 0.157 e. The Balaban J connectivity index is 0.00000481. The lowest BCUT2D eigenvalue weighted by molar-refractivity contribution is 0.235.